The molecule has 0 radical (unpaired) electrons. The number of hydrogen-bond acceptors (Lipinski definition) is 2. The molecule has 1 heterocycles. The van der Waals surface area contributed by atoms with Gasteiger partial charge in [0.25, 0.3) is 0 Å². The Morgan fingerprint density at radius 3 is 3.00 bits per heavy atom. The molecule has 2 rings (SSSR count). The van der Waals surface area contributed by atoms with Gasteiger partial charge in [-0.05, 0) is 24.3 Å². The van der Waals surface area contributed by atoms with Crippen LogP contribution in [-0.4, -0.2) is 11.5 Å². The molecule has 0 amide bonds. The Balaban J connectivity index is 2.51. The summed E-state index contributed by atoms with van der Waals surface area (Å²) in [4.78, 5) is 14.8. The van der Waals surface area contributed by atoms with Crippen molar-refractivity contribution < 1.29 is 4.79 Å². The van der Waals surface area contributed by atoms with Crippen LogP contribution in [0.15, 0.2) is 41.1 Å². The van der Waals surface area contributed by atoms with E-state index >= 15 is 0 Å². The summed E-state index contributed by atoms with van der Waals surface area (Å²) in [5.74, 6) is 0.0421. The molecule has 0 atom stereocenters. The third kappa shape index (κ3) is 0.658. The van der Waals surface area contributed by atoms with Crippen LogP contribution in [-0.2, 0) is 4.79 Å². The summed E-state index contributed by atoms with van der Waals surface area (Å²) >= 11 is 0. The zero-order chi connectivity index (χ0) is 6.97. The lowest BCUT2D eigenvalue weighted by Crippen LogP contribution is -2.02. The predicted octanol–water partition coefficient (Wildman–Crippen LogP) is 1.02. The molecular formula is C8H5NO. The highest BCUT2D eigenvalue weighted by molar-refractivity contribution is 6.22. The van der Waals surface area contributed by atoms with E-state index in [2.05, 4.69) is 4.99 Å². The van der Waals surface area contributed by atoms with Gasteiger partial charge in [-0.2, -0.15) is 0 Å². The molecule has 2 heteroatoms. The van der Waals surface area contributed by atoms with E-state index in [9.17, 15) is 4.79 Å². The molecule has 0 spiro atoms. The van der Waals surface area contributed by atoms with Crippen molar-refractivity contribution in [2.75, 3.05) is 0 Å². The van der Waals surface area contributed by atoms with E-state index in [1.165, 1.54) is 6.08 Å². The topological polar surface area (TPSA) is 29.4 Å². The third-order valence-corrected chi connectivity index (χ3v) is 1.47. The maximum Gasteiger partial charge on any atom is 0.179 e. The number of nitrogens with zero attached hydrogens (tertiary/aromatic N) is 1. The first-order valence-corrected chi connectivity index (χ1v) is 3.05. The molecule has 10 heavy (non-hydrogen) atoms. The lowest BCUT2D eigenvalue weighted by atomic mass is 10.0. The normalized spacial score (nSPS) is 20.6. The molecule has 0 unspecified atom stereocenters. The summed E-state index contributed by atoms with van der Waals surface area (Å²) in [5.41, 5.74) is 1.81. The van der Waals surface area contributed by atoms with Crippen LogP contribution in [0.25, 0.3) is 0 Å². The zero-order valence-corrected chi connectivity index (χ0v) is 5.24. The molecule has 0 aromatic carbocycles. The quantitative estimate of drug-likeness (QED) is 0.451. The van der Waals surface area contributed by atoms with E-state index in [1.54, 1.807) is 18.4 Å². The average Bonchev–Trinajstić information content (AvgIpc) is 2.33. The second-order valence-corrected chi connectivity index (χ2v) is 2.17. The van der Waals surface area contributed by atoms with Gasteiger partial charge in [0.05, 0.1) is 5.71 Å². The van der Waals surface area contributed by atoms with E-state index in [-0.39, 0.29) is 5.78 Å². The van der Waals surface area contributed by atoms with Crippen molar-refractivity contribution in [1.29, 1.82) is 0 Å². The minimum Gasteiger partial charge on any atom is -0.290 e. The fourth-order valence-corrected chi connectivity index (χ4v) is 0.982. The zero-order valence-electron chi connectivity index (χ0n) is 5.24. The van der Waals surface area contributed by atoms with Gasteiger partial charge in [0.2, 0.25) is 0 Å². The Bertz CT molecular complexity index is 305. The van der Waals surface area contributed by atoms with Gasteiger partial charge in [-0.1, -0.05) is 0 Å². The number of ketones is 1. The summed E-state index contributed by atoms with van der Waals surface area (Å²) in [6, 6.07) is 0. The first-order chi connectivity index (χ1) is 4.86. The van der Waals surface area contributed by atoms with Gasteiger partial charge in [-0.3, -0.25) is 9.79 Å². The number of hydrogen-bond donors (Lipinski definition) is 0. The molecule has 0 aromatic heterocycles. The van der Waals surface area contributed by atoms with Gasteiger partial charge in [0.15, 0.2) is 5.78 Å². The van der Waals surface area contributed by atoms with E-state index < -0.39 is 0 Å². The van der Waals surface area contributed by atoms with Crippen molar-refractivity contribution in [3.8, 4) is 0 Å². The van der Waals surface area contributed by atoms with Crippen LogP contribution in [0.1, 0.15) is 0 Å². The maximum absolute atomic E-state index is 10.8. The van der Waals surface area contributed by atoms with E-state index in [0.29, 0.717) is 0 Å². The molecule has 0 bridgehead atoms. The number of carbonyl (C=O) groups excluding carboxylic acids is 1. The van der Waals surface area contributed by atoms with Crippen LogP contribution in [0.3, 0.4) is 0 Å². The Hall–Kier alpha value is -1.44. The van der Waals surface area contributed by atoms with Gasteiger partial charge in [0.1, 0.15) is 0 Å². The highest BCUT2D eigenvalue weighted by atomic mass is 16.1. The standard InChI is InChI=1S/C8H5NO/c10-7-1-2-8-6(5-7)3-4-9-8/h1-5H. The third-order valence-electron chi connectivity index (χ3n) is 1.47. The molecule has 2 aliphatic rings. The Kier molecular flexibility index (Phi) is 0.947. The Morgan fingerprint density at radius 2 is 2.10 bits per heavy atom. The summed E-state index contributed by atoms with van der Waals surface area (Å²) in [6.45, 7) is 0. The molecule has 1 aliphatic heterocycles. The van der Waals surface area contributed by atoms with Crippen LogP contribution < -0.4 is 0 Å². The van der Waals surface area contributed by atoms with Crippen molar-refractivity contribution in [2.24, 2.45) is 4.99 Å². The predicted molar refractivity (Wildman–Crippen MR) is 38.8 cm³/mol. The second-order valence-electron chi connectivity index (χ2n) is 2.17. The van der Waals surface area contributed by atoms with Crippen molar-refractivity contribution in [2.45, 2.75) is 0 Å². The smallest absolute Gasteiger partial charge is 0.179 e. The first-order valence-electron chi connectivity index (χ1n) is 3.05. The number of fused-ring (bicyclic) bond motifs is 1. The van der Waals surface area contributed by atoms with Crippen LogP contribution in [0, 0.1) is 0 Å². The van der Waals surface area contributed by atoms with Gasteiger partial charge in [-0.15, -0.1) is 0 Å². The Morgan fingerprint density at radius 1 is 1.20 bits per heavy atom. The first kappa shape index (κ1) is 5.35. The van der Waals surface area contributed by atoms with Crippen LogP contribution in [0.2, 0.25) is 0 Å². The lowest BCUT2D eigenvalue weighted by molar-refractivity contribution is -0.110. The van der Waals surface area contributed by atoms with E-state index in [0.717, 1.165) is 11.3 Å². The number of allylic oxidation sites excluding steroid dienone is 5. The molecular weight excluding hydrogens is 126 g/mol. The minimum absolute atomic E-state index is 0.0421. The summed E-state index contributed by atoms with van der Waals surface area (Å²) in [6.07, 6.45) is 8.37. The summed E-state index contributed by atoms with van der Waals surface area (Å²) in [7, 11) is 0. The van der Waals surface area contributed by atoms with Crippen LogP contribution >= 0.6 is 0 Å². The summed E-state index contributed by atoms with van der Waals surface area (Å²) in [5, 5.41) is 0. The van der Waals surface area contributed by atoms with Gasteiger partial charge >= 0.3 is 0 Å². The fraction of sp³-hybridized carbons (Fsp3) is 0. The molecule has 48 valence electrons. The molecule has 0 aromatic rings. The minimum atomic E-state index is 0.0421. The molecule has 0 saturated carbocycles. The van der Waals surface area contributed by atoms with Crippen LogP contribution in [0.5, 0.6) is 0 Å². The van der Waals surface area contributed by atoms with Gasteiger partial charge in [-0.25, -0.2) is 0 Å². The van der Waals surface area contributed by atoms with Crippen molar-refractivity contribution in [3.05, 3.63) is 36.1 Å². The average molecular weight is 131 g/mol. The molecule has 1 aliphatic carbocycles. The molecule has 0 fully saturated rings. The lowest BCUT2D eigenvalue weighted by Gasteiger charge is -1.99. The molecule has 0 saturated heterocycles. The number of aliphatic imine (C=N–C) groups is 1. The SMILES string of the molecule is O=C1C=CC2=NC=CC2=C1. The van der Waals surface area contributed by atoms with E-state index in [4.69, 9.17) is 0 Å². The highest BCUT2D eigenvalue weighted by Gasteiger charge is 2.10. The number of carbonyl (C=O) groups is 1. The Labute approximate surface area is 58.3 Å². The highest BCUT2D eigenvalue weighted by Crippen LogP contribution is 2.13. The van der Waals surface area contributed by atoms with Gasteiger partial charge < -0.3 is 0 Å². The van der Waals surface area contributed by atoms with Crippen molar-refractivity contribution in [3.63, 3.8) is 0 Å². The molecule has 2 nitrogen and oxygen atoms in total. The van der Waals surface area contributed by atoms with E-state index in [1.807, 2.05) is 6.08 Å². The van der Waals surface area contributed by atoms with Gasteiger partial charge in [0, 0.05) is 11.8 Å². The largest absolute Gasteiger partial charge is 0.290 e. The monoisotopic (exact) mass is 131 g/mol. The van der Waals surface area contributed by atoms with Crippen molar-refractivity contribution >= 4 is 11.5 Å². The molecule has 0 N–H and O–H groups in total. The fourth-order valence-electron chi connectivity index (χ4n) is 0.982. The maximum atomic E-state index is 10.8. The van der Waals surface area contributed by atoms with Crippen LogP contribution in [0.4, 0.5) is 0 Å². The summed E-state index contributed by atoms with van der Waals surface area (Å²) < 4.78 is 0. The van der Waals surface area contributed by atoms with Crippen molar-refractivity contribution in [1.82, 2.24) is 0 Å². The second kappa shape index (κ2) is 1.77. The number of rotatable bonds is 0.